The Labute approximate surface area is 223 Å². The van der Waals surface area contributed by atoms with Crippen molar-refractivity contribution < 1.29 is 27.6 Å². The zero-order valence-electron chi connectivity index (χ0n) is 19.9. The third-order valence-corrected chi connectivity index (χ3v) is 6.51. The van der Waals surface area contributed by atoms with Crippen molar-refractivity contribution in [3.05, 3.63) is 71.1 Å². The molecule has 1 aliphatic rings. The minimum Gasteiger partial charge on any atom is -0.364 e. The Morgan fingerprint density at radius 1 is 1.18 bits per heavy atom. The molecule has 2 unspecified atom stereocenters. The van der Waals surface area contributed by atoms with Crippen molar-refractivity contribution in [3.8, 4) is 11.3 Å². The Balaban J connectivity index is 1.36. The topological polar surface area (TPSA) is 136 Å². The smallest absolute Gasteiger partial charge is 0.269 e. The fourth-order valence-electron chi connectivity index (χ4n) is 4.49. The lowest BCUT2D eigenvalue weighted by atomic mass is 10.1. The Hall–Kier alpha value is -4.52. The van der Waals surface area contributed by atoms with E-state index in [9.17, 15) is 27.6 Å². The number of anilines is 1. The lowest BCUT2D eigenvalue weighted by molar-refractivity contribution is -0.137. The van der Waals surface area contributed by atoms with Crippen molar-refractivity contribution in [1.82, 2.24) is 24.6 Å². The molecule has 4 aromatic rings. The summed E-state index contributed by atoms with van der Waals surface area (Å²) in [6, 6.07) is 6.24. The normalized spacial score (nSPS) is 17.0. The highest BCUT2D eigenvalue weighted by atomic mass is 35.5. The van der Waals surface area contributed by atoms with Crippen LogP contribution in [0.15, 0.2) is 48.8 Å². The van der Waals surface area contributed by atoms with Crippen LogP contribution in [0, 0.1) is 11.6 Å². The molecule has 39 heavy (non-hydrogen) atoms. The largest absolute Gasteiger partial charge is 0.364 e. The monoisotopic (exact) mass is 557 g/mol. The van der Waals surface area contributed by atoms with E-state index in [-0.39, 0.29) is 40.8 Å². The molecule has 3 amide bonds. The van der Waals surface area contributed by atoms with Gasteiger partial charge in [0.15, 0.2) is 5.69 Å². The van der Waals surface area contributed by atoms with E-state index in [1.807, 2.05) is 0 Å². The van der Waals surface area contributed by atoms with Gasteiger partial charge >= 0.3 is 0 Å². The van der Waals surface area contributed by atoms with Gasteiger partial charge in [-0.3, -0.25) is 24.0 Å². The van der Waals surface area contributed by atoms with Crippen LogP contribution < -0.4 is 11.1 Å². The first kappa shape index (κ1) is 26.1. The van der Waals surface area contributed by atoms with Gasteiger partial charge in [0.1, 0.15) is 36.2 Å². The number of benzene rings is 1. The van der Waals surface area contributed by atoms with Crippen LogP contribution >= 0.6 is 11.6 Å². The van der Waals surface area contributed by atoms with Crippen LogP contribution in [-0.2, 0) is 16.1 Å². The van der Waals surface area contributed by atoms with Crippen molar-refractivity contribution in [2.75, 3.05) is 11.9 Å². The summed E-state index contributed by atoms with van der Waals surface area (Å²) in [6.45, 7) is -0.733. The van der Waals surface area contributed by atoms with Gasteiger partial charge < -0.3 is 16.0 Å². The molecular formula is C25H19ClF3N7O3. The van der Waals surface area contributed by atoms with E-state index in [4.69, 9.17) is 17.3 Å². The minimum atomic E-state index is -1.46. The van der Waals surface area contributed by atoms with Crippen LogP contribution in [0.4, 0.5) is 19.0 Å². The number of rotatable bonds is 6. The fourth-order valence-corrected chi connectivity index (χ4v) is 4.78. The van der Waals surface area contributed by atoms with E-state index in [1.165, 1.54) is 41.3 Å². The number of pyridine rings is 2. The second-order valence-corrected chi connectivity index (χ2v) is 9.21. The predicted molar refractivity (Wildman–Crippen MR) is 134 cm³/mol. The van der Waals surface area contributed by atoms with E-state index < -0.39 is 48.1 Å². The van der Waals surface area contributed by atoms with E-state index in [0.717, 1.165) is 11.0 Å². The summed E-state index contributed by atoms with van der Waals surface area (Å²) in [5.74, 6) is -3.95. The van der Waals surface area contributed by atoms with Gasteiger partial charge in [0.25, 0.3) is 5.91 Å². The zero-order valence-corrected chi connectivity index (χ0v) is 20.7. The van der Waals surface area contributed by atoms with Gasteiger partial charge in [0, 0.05) is 24.1 Å². The zero-order chi connectivity index (χ0) is 27.8. The molecule has 1 fully saturated rings. The molecule has 3 N–H and O–H groups in total. The number of carbonyl (C=O) groups is 3. The summed E-state index contributed by atoms with van der Waals surface area (Å²) < 4.78 is 43.4. The number of hydrogen-bond acceptors (Lipinski definition) is 6. The summed E-state index contributed by atoms with van der Waals surface area (Å²) >= 11 is 5.99. The van der Waals surface area contributed by atoms with E-state index in [0.29, 0.717) is 17.0 Å². The number of aromatic nitrogens is 4. The molecule has 200 valence electrons. The van der Waals surface area contributed by atoms with Gasteiger partial charge in [0.2, 0.25) is 11.8 Å². The maximum absolute atomic E-state index is 14.4. The number of amides is 3. The number of nitrogens with two attached hydrogens (primary N) is 1. The first-order valence-electron chi connectivity index (χ1n) is 11.6. The SMILES string of the molecule is NC(=O)c1nn(CC(=O)N2CC(F)CC2C(=O)Nc2cccc(-c3c(F)cc(F)cc3Cl)n2)c2cnccc12. The van der Waals surface area contributed by atoms with Crippen LogP contribution in [0.5, 0.6) is 0 Å². The maximum Gasteiger partial charge on any atom is 0.269 e. The van der Waals surface area contributed by atoms with Crippen LogP contribution in [-0.4, -0.2) is 61.1 Å². The number of likely N-dealkylation sites (tertiary alicyclic amines) is 1. The molecule has 2 atom stereocenters. The Kier molecular flexibility index (Phi) is 6.91. The summed E-state index contributed by atoms with van der Waals surface area (Å²) in [5.41, 5.74) is 5.57. The molecule has 5 rings (SSSR count). The van der Waals surface area contributed by atoms with E-state index in [1.54, 1.807) is 0 Å². The summed E-state index contributed by atoms with van der Waals surface area (Å²) in [6.07, 6.45) is 1.12. The van der Waals surface area contributed by atoms with Gasteiger partial charge in [0.05, 0.1) is 34.5 Å². The second-order valence-electron chi connectivity index (χ2n) is 8.80. The van der Waals surface area contributed by atoms with Crippen LogP contribution in [0.2, 0.25) is 5.02 Å². The standard InChI is InChI=1S/C25H19ClF3N7O3/c26-15-6-12(27)7-16(29)22(15)17-2-1-3-20(32-17)33-25(39)18-8-13(28)10-35(18)21(37)11-36-19-9-31-5-4-14(19)23(34-36)24(30)38/h1-7,9,13,18H,8,10-11H2,(H2,30,38)(H,32,33,39). The fraction of sp³-hybridized carbons (Fsp3) is 0.200. The molecule has 3 aromatic heterocycles. The summed E-state index contributed by atoms with van der Waals surface area (Å²) in [7, 11) is 0. The van der Waals surface area contributed by atoms with Gasteiger partial charge in [-0.15, -0.1) is 0 Å². The number of primary amides is 1. The van der Waals surface area contributed by atoms with E-state index >= 15 is 0 Å². The number of alkyl halides is 1. The highest BCUT2D eigenvalue weighted by Gasteiger charge is 2.40. The molecule has 1 saturated heterocycles. The molecule has 4 heterocycles. The van der Waals surface area contributed by atoms with Crippen LogP contribution in [0.25, 0.3) is 22.2 Å². The highest BCUT2D eigenvalue weighted by Crippen LogP contribution is 2.31. The number of hydrogen-bond donors (Lipinski definition) is 2. The molecule has 1 aliphatic heterocycles. The molecule has 10 nitrogen and oxygen atoms in total. The average molecular weight is 558 g/mol. The number of nitrogens with one attached hydrogen (secondary N) is 1. The van der Waals surface area contributed by atoms with Crippen LogP contribution in [0.1, 0.15) is 16.9 Å². The van der Waals surface area contributed by atoms with Crippen molar-refractivity contribution in [3.63, 3.8) is 0 Å². The lowest BCUT2D eigenvalue weighted by Crippen LogP contribution is -2.44. The van der Waals surface area contributed by atoms with Crippen LogP contribution in [0.3, 0.4) is 0 Å². The van der Waals surface area contributed by atoms with Gasteiger partial charge in [-0.2, -0.15) is 5.10 Å². The Morgan fingerprint density at radius 3 is 2.72 bits per heavy atom. The molecule has 0 bridgehead atoms. The predicted octanol–water partition coefficient (Wildman–Crippen LogP) is 3.10. The molecular weight excluding hydrogens is 539 g/mol. The number of halogens is 4. The molecule has 14 heteroatoms. The first-order chi connectivity index (χ1) is 18.6. The van der Waals surface area contributed by atoms with Gasteiger partial charge in [-0.1, -0.05) is 17.7 Å². The van der Waals surface area contributed by atoms with E-state index in [2.05, 4.69) is 20.4 Å². The number of nitrogens with zero attached hydrogens (tertiary/aromatic N) is 5. The van der Waals surface area contributed by atoms with Crippen molar-refractivity contribution in [2.24, 2.45) is 5.73 Å². The molecule has 0 spiro atoms. The number of fused-ring (bicyclic) bond motifs is 1. The van der Waals surface area contributed by atoms with Gasteiger partial charge in [-0.05, 0) is 24.3 Å². The molecule has 1 aromatic carbocycles. The molecule has 0 saturated carbocycles. The maximum atomic E-state index is 14.4. The molecule has 0 aliphatic carbocycles. The molecule has 0 radical (unpaired) electrons. The van der Waals surface area contributed by atoms with Crippen molar-refractivity contribution in [2.45, 2.75) is 25.2 Å². The average Bonchev–Trinajstić information content (AvgIpc) is 3.45. The summed E-state index contributed by atoms with van der Waals surface area (Å²) in [4.78, 5) is 47.3. The summed E-state index contributed by atoms with van der Waals surface area (Å²) in [5, 5.41) is 6.80. The quantitative estimate of drug-likeness (QED) is 0.374. The number of carbonyl (C=O) groups excluding carboxylic acids is 3. The lowest BCUT2D eigenvalue weighted by Gasteiger charge is -2.23. The Morgan fingerprint density at radius 2 is 1.97 bits per heavy atom. The third-order valence-electron chi connectivity index (χ3n) is 6.21. The van der Waals surface area contributed by atoms with Gasteiger partial charge in [-0.25, -0.2) is 18.2 Å². The van der Waals surface area contributed by atoms with Crippen molar-refractivity contribution >= 4 is 46.0 Å². The third kappa shape index (κ3) is 5.12. The van der Waals surface area contributed by atoms with Crippen molar-refractivity contribution in [1.29, 1.82) is 0 Å². The highest BCUT2D eigenvalue weighted by molar-refractivity contribution is 6.33. The Bertz CT molecular complexity index is 1610. The second kappa shape index (κ2) is 10.3. The first-order valence-corrected chi connectivity index (χ1v) is 12.0. The minimum absolute atomic E-state index is 0.0118.